The largest absolute Gasteiger partial charge is 0.458 e. The van der Waals surface area contributed by atoms with E-state index in [1.807, 2.05) is 0 Å². The number of hydrogen-bond acceptors (Lipinski definition) is 1. The minimum absolute atomic E-state index is 0.206. The summed E-state index contributed by atoms with van der Waals surface area (Å²) in [4.78, 5) is 0. The molecule has 0 amide bonds. The van der Waals surface area contributed by atoms with E-state index < -0.39 is 69.0 Å². The molecule has 0 N–H and O–H groups in total. The molecule has 1 nitrogen and oxygen atoms in total. The van der Waals surface area contributed by atoms with Crippen molar-refractivity contribution < 1.29 is 48.6 Å². The van der Waals surface area contributed by atoms with Gasteiger partial charge in [0.05, 0.1) is 5.56 Å². The predicted octanol–water partition coefficient (Wildman–Crippen LogP) is 10.2. The highest BCUT2D eigenvalue weighted by atomic mass is 19.4. The van der Waals surface area contributed by atoms with E-state index in [1.54, 1.807) is 0 Å². The molecular weight excluding hydrogens is 614 g/mol. The summed E-state index contributed by atoms with van der Waals surface area (Å²) in [6, 6.07) is 7.58. The maximum Gasteiger partial charge on any atom is 0.458 e. The summed E-state index contributed by atoms with van der Waals surface area (Å²) in [6.07, 6.45) is -4.49. The van der Waals surface area contributed by atoms with Crippen molar-refractivity contribution in [2.24, 2.45) is 5.92 Å². The Kier molecular flexibility index (Phi) is 8.75. The zero-order valence-electron chi connectivity index (χ0n) is 23.0. The van der Waals surface area contributed by atoms with Gasteiger partial charge in [0.1, 0.15) is 40.4 Å². The van der Waals surface area contributed by atoms with E-state index in [9.17, 15) is 35.1 Å². The Labute approximate surface area is 250 Å². The molecule has 5 rings (SSSR count). The van der Waals surface area contributed by atoms with Gasteiger partial charge in [-0.25, -0.2) is 22.0 Å². The molecule has 1 aliphatic carbocycles. The molecule has 0 unspecified atom stereocenters. The fourth-order valence-corrected chi connectivity index (χ4v) is 5.08. The van der Waals surface area contributed by atoms with E-state index in [0.29, 0.717) is 29.8 Å². The first kappa shape index (κ1) is 31.8. The van der Waals surface area contributed by atoms with Gasteiger partial charge in [-0.2, -0.15) is 22.0 Å². The summed E-state index contributed by atoms with van der Waals surface area (Å²) >= 11 is 0. The van der Waals surface area contributed by atoms with Gasteiger partial charge in [0.25, 0.3) is 0 Å². The van der Waals surface area contributed by atoms with Gasteiger partial charge in [-0.05, 0) is 72.3 Å². The SMILES string of the molecule is Fc1cc(C#CC2CCCCC2)ccc1-c1cc(F)c(C(F)(F)Oc2ccc3c(F)c(C#CC(F)(F)F)c(F)cc3c2)c(F)c1. The number of fused-ring (bicyclic) bond motifs is 1. The first-order chi connectivity index (χ1) is 21.2. The molecule has 11 heteroatoms. The molecule has 1 saturated carbocycles. The van der Waals surface area contributed by atoms with Crippen LogP contribution < -0.4 is 4.74 Å². The third-order valence-corrected chi connectivity index (χ3v) is 7.21. The fourth-order valence-electron chi connectivity index (χ4n) is 5.08. The molecule has 0 atom stereocenters. The van der Waals surface area contributed by atoms with Crippen molar-refractivity contribution in [3.63, 3.8) is 0 Å². The summed E-state index contributed by atoms with van der Waals surface area (Å²) in [5, 5.41) is -0.886. The predicted molar refractivity (Wildman–Crippen MR) is 147 cm³/mol. The van der Waals surface area contributed by atoms with Crippen molar-refractivity contribution in [2.75, 3.05) is 0 Å². The van der Waals surface area contributed by atoms with Crippen LogP contribution in [0.2, 0.25) is 0 Å². The number of benzene rings is 4. The van der Waals surface area contributed by atoms with Crippen LogP contribution in [-0.4, -0.2) is 6.18 Å². The minimum Gasteiger partial charge on any atom is -0.429 e. The van der Waals surface area contributed by atoms with Crippen LogP contribution in [-0.2, 0) is 6.11 Å². The maximum absolute atomic E-state index is 15.0. The highest BCUT2D eigenvalue weighted by Crippen LogP contribution is 2.38. The number of hydrogen-bond donors (Lipinski definition) is 0. The average molecular weight is 635 g/mol. The van der Waals surface area contributed by atoms with Crippen LogP contribution in [0.1, 0.15) is 48.8 Å². The van der Waals surface area contributed by atoms with Gasteiger partial charge in [0.2, 0.25) is 0 Å². The van der Waals surface area contributed by atoms with Crippen molar-refractivity contribution in [3.8, 4) is 40.6 Å². The van der Waals surface area contributed by atoms with Crippen LogP contribution in [0.3, 0.4) is 0 Å². The molecule has 0 bridgehead atoms. The third kappa shape index (κ3) is 7.20. The molecule has 1 aliphatic rings. The highest BCUT2D eigenvalue weighted by Gasteiger charge is 2.41. The molecule has 0 heterocycles. The number of halogens is 10. The summed E-state index contributed by atoms with van der Waals surface area (Å²) in [5.74, 6) is 0.129. The molecule has 0 aromatic heterocycles. The second kappa shape index (κ2) is 12.4. The second-order valence-electron chi connectivity index (χ2n) is 10.4. The third-order valence-electron chi connectivity index (χ3n) is 7.21. The van der Waals surface area contributed by atoms with Crippen molar-refractivity contribution in [2.45, 2.75) is 44.4 Å². The average Bonchev–Trinajstić information content (AvgIpc) is 2.95. The van der Waals surface area contributed by atoms with E-state index in [2.05, 4.69) is 16.6 Å². The lowest BCUT2D eigenvalue weighted by atomic mass is 9.89. The lowest BCUT2D eigenvalue weighted by Gasteiger charge is -2.20. The molecule has 4 aromatic rings. The van der Waals surface area contributed by atoms with Crippen LogP contribution in [0, 0.1) is 58.7 Å². The van der Waals surface area contributed by atoms with Gasteiger partial charge in [-0.15, -0.1) is 0 Å². The quantitative estimate of drug-likeness (QED) is 0.160. The summed E-state index contributed by atoms with van der Waals surface area (Å²) < 4.78 is 145. The van der Waals surface area contributed by atoms with Crippen LogP contribution in [0.25, 0.3) is 21.9 Å². The molecule has 0 aliphatic heterocycles. The fraction of sp³-hybridized carbons (Fsp3) is 0.235. The van der Waals surface area contributed by atoms with Gasteiger partial charge >= 0.3 is 12.3 Å². The maximum atomic E-state index is 15.0. The monoisotopic (exact) mass is 634 g/mol. The van der Waals surface area contributed by atoms with E-state index in [1.165, 1.54) is 18.1 Å². The van der Waals surface area contributed by atoms with Gasteiger partial charge in [-0.1, -0.05) is 43.1 Å². The summed E-state index contributed by atoms with van der Waals surface area (Å²) in [6.45, 7) is 0. The lowest BCUT2D eigenvalue weighted by molar-refractivity contribution is -0.189. The van der Waals surface area contributed by atoms with E-state index in [-0.39, 0.29) is 17.0 Å². The lowest BCUT2D eigenvalue weighted by Crippen LogP contribution is -2.25. The van der Waals surface area contributed by atoms with E-state index >= 15 is 8.78 Å². The van der Waals surface area contributed by atoms with Crippen molar-refractivity contribution in [3.05, 3.63) is 100 Å². The summed E-state index contributed by atoms with van der Waals surface area (Å²) in [7, 11) is 0. The molecule has 0 saturated heterocycles. The Hall–Kier alpha value is -4.64. The Bertz CT molecular complexity index is 1880. The molecule has 4 aromatic carbocycles. The van der Waals surface area contributed by atoms with Gasteiger partial charge in [0, 0.05) is 28.4 Å². The normalized spacial score (nSPS) is 14.0. The number of alkyl halides is 5. The van der Waals surface area contributed by atoms with Crippen LogP contribution in [0.4, 0.5) is 43.9 Å². The van der Waals surface area contributed by atoms with Gasteiger partial charge < -0.3 is 4.74 Å². The Balaban J connectivity index is 1.40. The molecule has 0 spiro atoms. The smallest absolute Gasteiger partial charge is 0.429 e. The summed E-state index contributed by atoms with van der Waals surface area (Å²) in [5.41, 5.74) is -3.28. The van der Waals surface area contributed by atoms with Crippen molar-refractivity contribution in [1.82, 2.24) is 0 Å². The first-order valence-corrected chi connectivity index (χ1v) is 13.6. The Morgan fingerprint density at radius 2 is 1.38 bits per heavy atom. The second-order valence-corrected chi connectivity index (χ2v) is 10.4. The van der Waals surface area contributed by atoms with Crippen LogP contribution in [0.15, 0.2) is 54.6 Å². The van der Waals surface area contributed by atoms with E-state index in [4.69, 9.17) is 0 Å². The topological polar surface area (TPSA) is 9.23 Å². The molecule has 1 fully saturated rings. The molecule has 0 radical (unpaired) electrons. The molecular formula is C34H20F10O. The molecule has 45 heavy (non-hydrogen) atoms. The first-order valence-electron chi connectivity index (χ1n) is 13.6. The van der Waals surface area contributed by atoms with Gasteiger partial charge in [-0.3, -0.25) is 0 Å². The zero-order valence-corrected chi connectivity index (χ0v) is 23.0. The Morgan fingerprint density at radius 1 is 0.689 bits per heavy atom. The van der Waals surface area contributed by atoms with E-state index in [0.717, 1.165) is 56.2 Å². The van der Waals surface area contributed by atoms with Crippen LogP contribution >= 0.6 is 0 Å². The number of ether oxygens (including phenoxy) is 1. The van der Waals surface area contributed by atoms with Crippen LogP contribution in [0.5, 0.6) is 5.75 Å². The minimum atomic E-state index is -5.03. The number of rotatable bonds is 4. The van der Waals surface area contributed by atoms with Crippen molar-refractivity contribution >= 4 is 10.8 Å². The Morgan fingerprint density at radius 3 is 2.02 bits per heavy atom. The highest BCUT2D eigenvalue weighted by molar-refractivity contribution is 5.86. The standard InChI is InChI=1S/C34H20F10O/c35-27-14-20(7-6-19-4-2-1-3-5-19)8-10-24(27)22-17-29(37)31(30(38)18-22)34(43,44)45-23-9-11-25-21(15-23)16-28(36)26(32(25)39)12-13-33(40,41)42/h8-11,14-19H,1-5H2. The van der Waals surface area contributed by atoms with Gasteiger partial charge in [0.15, 0.2) is 0 Å². The molecule has 232 valence electrons. The van der Waals surface area contributed by atoms with Crippen molar-refractivity contribution in [1.29, 1.82) is 0 Å². The zero-order chi connectivity index (χ0) is 32.5.